The summed E-state index contributed by atoms with van der Waals surface area (Å²) in [6.07, 6.45) is 0.929. The topological polar surface area (TPSA) is 46.3 Å². The average Bonchev–Trinajstić information content (AvgIpc) is 2.46. The van der Waals surface area contributed by atoms with Crippen LogP contribution in [0.4, 0.5) is 5.69 Å². The van der Waals surface area contributed by atoms with Crippen LogP contribution in [0.3, 0.4) is 0 Å². The normalized spacial score (nSPS) is 10.4. The van der Waals surface area contributed by atoms with Crippen molar-refractivity contribution in [1.82, 2.24) is 4.90 Å². The Hall–Kier alpha value is -1.56. The number of carbonyl (C=O) groups excluding carboxylic acids is 1. The maximum Gasteiger partial charge on any atom is 0.254 e. The van der Waals surface area contributed by atoms with Gasteiger partial charge in [-0.3, -0.25) is 4.79 Å². The van der Waals surface area contributed by atoms with Crippen molar-refractivity contribution in [2.75, 3.05) is 12.3 Å². The van der Waals surface area contributed by atoms with Gasteiger partial charge in [0.15, 0.2) is 0 Å². The maximum absolute atomic E-state index is 12.7. The molecule has 2 aromatic carbocycles. The predicted octanol–water partition coefficient (Wildman–Crippen LogP) is 3.93. The van der Waals surface area contributed by atoms with Crippen molar-refractivity contribution in [2.24, 2.45) is 0 Å². The van der Waals surface area contributed by atoms with Crippen LogP contribution in [-0.2, 0) is 6.54 Å². The lowest BCUT2D eigenvalue weighted by Gasteiger charge is -2.22. The molecule has 0 aliphatic carbocycles. The van der Waals surface area contributed by atoms with E-state index in [9.17, 15) is 4.79 Å². The van der Waals surface area contributed by atoms with Gasteiger partial charge in [0.05, 0.1) is 0 Å². The van der Waals surface area contributed by atoms with Crippen LogP contribution in [0.2, 0.25) is 0 Å². The second-order valence-corrected chi connectivity index (χ2v) is 6.23. The number of amides is 1. The van der Waals surface area contributed by atoms with E-state index in [1.54, 1.807) is 0 Å². The second kappa shape index (κ2) is 7.45. The molecule has 2 N–H and O–H groups in total. The first-order valence-electron chi connectivity index (χ1n) is 6.99. The fraction of sp³-hybridized carbons (Fsp3) is 0.235. The molecule has 0 bridgehead atoms. The first kappa shape index (κ1) is 15.8. The SMILES string of the molecule is CCCN(Cc1cccc(N)c1)C(=O)c1cccc(I)c1. The van der Waals surface area contributed by atoms with Crippen LogP contribution >= 0.6 is 22.6 Å². The summed E-state index contributed by atoms with van der Waals surface area (Å²) in [5.74, 6) is 0.0674. The standard InChI is InChI=1S/C17H19IN2O/c1-2-9-20(12-13-5-3-8-16(19)10-13)17(21)14-6-4-7-15(18)11-14/h3-8,10-11H,2,9,12,19H2,1H3. The highest BCUT2D eigenvalue weighted by Crippen LogP contribution is 2.15. The van der Waals surface area contributed by atoms with E-state index in [2.05, 4.69) is 29.5 Å². The molecule has 1 amide bonds. The zero-order chi connectivity index (χ0) is 15.2. The Morgan fingerprint density at radius 1 is 1.19 bits per heavy atom. The van der Waals surface area contributed by atoms with Gasteiger partial charge < -0.3 is 10.6 Å². The molecule has 0 atom stereocenters. The second-order valence-electron chi connectivity index (χ2n) is 4.98. The molecule has 0 fully saturated rings. The van der Waals surface area contributed by atoms with Gasteiger partial charge in [0.1, 0.15) is 0 Å². The molecule has 21 heavy (non-hydrogen) atoms. The lowest BCUT2D eigenvalue weighted by molar-refractivity contribution is 0.0743. The number of nitrogens with two attached hydrogens (primary N) is 1. The van der Waals surface area contributed by atoms with Crippen LogP contribution in [0, 0.1) is 3.57 Å². The molecule has 0 saturated heterocycles. The summed E-state index contributed by atoms with van der Waals surface area (Å²) in [6, 6.07) is 15.4. The molecule has 0 aliphatic rings. The number of benzene rings is 2. The third kappa shape index (κ3) is 4.46. The average molecular weight is 394 g/mol. The van der Waals surface area contributed by atoms with Gasteiger partial charge in [-0.25, -0.2) is 0 Å². The molecule has 0 spiro atoms. The van der Waals surface area contributed by atoms with E-state index in [1.165, 1.54) is 0 Å². The molecule has 0 saturated carbocycles. The van der Waals surface area contributed by atoms with Gasteiger partial charge in [-0.05, 0) is 64.9 Å². The largest absolute Gasteiger partial charge is 0.399 e. The lowest BCUT2D eigenvalue weighted by Crippen LogP contribution is -2.31. The lowest BCUT2D eigenvalue weighted by atomic mass is 10.1. The van der Waals surface area contributed by atoms with Gasteiger partial charge in [-0.15, -0.1) is 0 Å². The monoisotopic (exact) mass is 394 g/mol. The smallest absolute Gasteiger partial charge is 0.254 e. The van der Waals surface area contributed by atoms with Crippen molar-refractivity contribution in [3.63, 3.8) is 0 Å². The molecular formula is C17H19IN2O. The summed E-state index contributed by atoms with van der Waals surface area (Å²) >= 11 is 2.22. The number of anilines is 1. The Balaban J connectivity index is 2.20. The quantitative estimate of drug-likeness (QED) is 0.617. The molecule has 0 aliphatic heterocycles. The maximum atomic E-state index is 12.7. The van der Waals surface area contributed by atoms with Crippen molar-refractivity contribution in [3.05, 3.63) is 63.2 Å². The van der Waals surface area contributed by atoms with Crippen molar-refractivity contribution in [1.29, 1.82) is 0 Å². The number of rotatable bonds is 5. The summed E-state index contributed by atoms with van der Waals surface area (Å²) in [5, 5.41) is 0. The van der Waals surface area contributed by atoms with Crippen LogP contribution in [0.25, 0.3) is 0 Å². The van der Waals surface area contributed by atoms with Gasteiger partial charge in [0.2, 0.25) is 0 Å². The predicted molar refractivity (Wildman–Crippen MR) is 95.0 cm³/mol. The van der Waals surface area contributed by atoms with Crippen molar-refractivity contribution in [3.8, 4) is 0 Å². The third-order valence-corrected chi connectivity index (χ3v) is 3.85. The van der Waals surface area contributed by atoms with Crippen LogP contribution < -0.4 is 5.73 Å². The van der Waals surface area contributed by atoms with E-state index in [0.717, 1.165) is 33.4 Å². The molecule has 2 rings (SSSR count). The Morgan fingerprint density at radius 2 is 1.95 bits per heavy atom. The summed E-state index contributed by atoms with van der Waals surface area (Å²) in [5.41, 5.74) is 8.33. The number of carbonyl (C=O) groups is 1. The minimum absolute atomic E-state index is 0.0674. The van der Waals surface area contributed by atoms with E-state index in [-0.39, 0.29) is 5.91 Å². The van der Waals surface area contributed by atoms with Crippen molar-refractivity contribution >= 4 is 34.2 Å². The zero-order valence-corrected chi connectivity index (χ0v) is 14.2. The van der Waals surface area contributed by atoms with E-state index in [0.29, 0.717) is 6.54 Å². The molecule has 4 heteroatoms. The summed E-state index contributed by atoms with van der Waals surface area (Å²) < 4.78 is 1.07. The highest BCUT2D eigenvalue weighted by atomic mass is 127. The van der Waals surface area contributed by atoms with Crippen LogP contribution in [0.15, 0.2) is 48.5 Å². The number of hydrogen-bond acceptors (Lipinski definition) is 2. The van der Waals surface area contributed by atoms with Crippen molar-refractivity contribution < 1.29 is 4.79 Å². The minimum Gasteiger partial charge on any atom is -0.399 e. The van der Waals surface area contributed by atoms with Gasteiger partial charge >= 0.3 is 0 Å². The molecule has 0 heterocycles. The Kier molecular flexibility index (Phi) is 5.61. The Labute approximate surface area is 139 Å². The van der Waals surface area contributed by atoms with Crippen molar-refractivity contribution in [2.45, 2.75) is 19.9 Å². The Morgan fingerprint density at radius 3 is 2.62 bits per heavy atom. The fourth-order valence-corrected chi connectivity index (χ4v) is 2.78. The number of halogens is 1. The first-order valence-corrected chi connectivity index (χ1v) is 8.07. The number of hydrogen-bond donors (Lipinski definition) is 1. The summed E-state index contributed by atoms with van der Waals surface area (Å²) in [4.78, 5) is 14.5. The highest BCUT2D eigenvalue weighted by Gasteiger charge is 2.15. The van der Waals surface area contributed by atoms with Gasteiger partial charge in [-0.2, -0.15) is 0 Å². The van der Waals surface area contributed by atoms with E-state index >= 15 is 0 Å². The van der Waals surface area contributed by atoms with E-state index in [4.69, 9.17) is 5.73 Å². The summed E-state index contributed by atoms with van der Waals surface area (Å²) in [6.45, 7) is 3.40. The molecular weight excluding hydrogens is 375 g/mol. The van der Waals surface area contributed by atoms with Crippen LogP contribution in [0.5, 0.6) is 0 Å². The molecule has 2 aromatic rings. The first-order chi connectivity index (χ1) is 10.1. The van der Waals surface area contributed by atoms with Gasteiger partial charge in [0, 0.05) is 27.9 Å². The fourth-order valence-electron chi connectivity index (χ4n) is 2.24. The molecule has 0 radical (unpaired) electrons. The van der Waals surface area contributed by atoms with Crippen LogP contribution in [0.1, 0.15) is 29.3 Å². The zero-order valence-electron chi connectivity index (χ0n) is 12.1. The number of nitrogen functional groups attached to an aromatic ring is 1. The third-order valence-electron chi connectivity index (χ3n) is 3.18. The number of nitrogens with zero attached hydrogens (tertiary/aromatic N) is 1. The Bertz CT molecular complexity index is 628. The minimum atomic E-state index is 0.0674. The summed E-state index contributed by atoms with van der Waals surface area (Å²) in [7, 11) is 0. The van der Waals surface area contributed by atoms with E-state index < -0.39 is 0 Å². The van der Waals surface area contributed by atoms with Crippen LogP contribution in [-0.4, -0.2) is 17.4 Å². The highest BCUT2D eigenvalue weighted by molar-refractivity contribution is 14.1. The molecule has 3 nitrogen and oxygen atoms in total. The van der Waals surface area contributed by atoms with Gasteiger partial charge in [-0.1, -0.05) is 25.1 Å². The van der Waals surface area contributed by atoms with E-state index in [1.807, 2.05) is 53.4 Å². The molecule has 0 aromatic heterocycles. The molecule has 110 valence electrons. The molecule has 0 unspecified atom stereocenters. The van der Waals surface area contributed by atoms with Gasteiger partial charge in [0.25, 0.3) is 5.91 Å².